The number of ether oxygens (including phenoxy) is 1. The van der Waals surface area contributed by atoms with Gasteiger partial charge < -0.3 is 4.74 Å². The molecule has 1 fully saturated rings. The van der Waals surface area contributed by atoms with Gasteiger partial charge in [-0.25, -0.2) is 0 Å². The van der Waals surface area contributed by atoms with E-state index < -0.39 is 0 Å². The second-order valence-electron chi connectivity index (χ2n) is 5.13. The van der Waals surface area contributed by atoms with Gasteiger partial charge in [0.05, 0.1) is 12.3 Å². The van der Waals surface area contributed by atoms with Gasteiger partial charge in [0, 0.05) is 6.42 Å². The quantitative estimate of drug-likeness (QED) is 0.721. The molecule has 0 bridgehead atoms. The van der Waals surface area contributed by atoms with Gasteiger partial charge >= 0.3 is 0 Å². The van der Waals surface area contributed by atoms with Crippen molar-refractivity contribution in [2.75, 3.05) is 0 Å². The van der Waals surface area contributed by atoms with Gasteiger partial charge in [-0.1, -0.05) is 36.8 Å². The van der Waals surface area contributed by atoms with E-state index >= 15 is 0 Å². The molecule has 1 aliphatic rings. The lowest BCUT2D eigenvalue weighted by molar-refractivity contribution is 0.225. The molecule has 1 aromatic carbocycles. The molecular weight excluding hydrogens is 234 g/mol. The number of benzene rings is 1. The van der Waals surface area contributed by atoms with Crippen molar-refractivity contribution >= 4 is 0 Å². The van der Waals surface area contributed by atoms with Crippen LogP contribution in [-0.2, 0) is 11.3 Å². The Labute approximate surface area is 115 Å². The number of nitriles is 1. The van der Waals surface area contributed by atoms with Crippen LogP contribution in [-0.4, -0.2) is 0 Å². The molecule has 0 aromatic heterocycles. The van der Waals surface area contributed by atoms with Crippen LogP contribution in [0.4, 0.5) is 0 Å². The maximum Gasteiger partial charge on any atom is 0.112 e. The monoisotopic (exact) mass is 255 g/mol. The molecule has 2 rings (SSSR count). The number of nitrogens with zero attached hydrogens (tertiary/aromatic N) is 1. The molecule has 0 amide bonds. The average Bonchev–Trinajstić information content (AvgIpc) is 2.47. The van der Waals surface area contributed by atoms with Crippen molar-refractivity contribution in [1.29, 1.82) is 5.26 Å². The summed E-state index contributed by atoms with van der Waals surface area (Å²) < 4.78 is 5.72. The standard InChI is InChI=1S/C17H21NO/c18-12-6-11-16-9-4-5-10-17(16)14-19-13-15-7-2-1-3-8-15/h1-3,7-8,14,16H,4-6,9-11,13H2/b17-14+. The molecule has 0 radical (unpaired) electrons. The predicted molar refractivity (Wildman–Crippen MR) is 76.1 cm³/mol. The van der Waals surface area contributed by atoms with E-state index in [4.69, 9.17) is 10.00 Å². The van der Waals surface area contributed by atoms with E-state index in [0.29, 0.717) is 18.9 Å². The number of rotatable bonds is 5. The predicted octanol–water partition coefficient (Wildman–Crippen LogP) is 4.58. The molecule has 19 heavy (non-hydrogen) atoms. The van der Waals surface area contributed by atoms with Crippen molar-refractivity contribution in [3.05, 3.63) is 47.7 Å². The minimum atomic E-state index is 0.559. The SMILES string of the molecule is N#CCCC1CCCC/C1=C\OCc1ccccc1. The van der Waals surface area contributed by atoms with Gasteiger partial charge in [0.25, 0.3) is 0 Å². The first kappa shape index (κ1) is 13.7. The van der Waals surface area contributed by atoms with Gasteiger partial charge in [0.2, 0.25) is 0 Å². The van der Waals surface area contributed by atoms with Gasteiger partial charge in [-0.15, -0.1) is 0 Å². The number of allylic oxidation sites excluding steroid dienone is 1. The molecule has 1 aliphatic carbocycles. The van der Waals surface area contributed by atoms with E-state index in [1.165, 1.54) is 30.4 Å². The third kappa shape index (κ3) is 4.44. The molecular formula is C17H21NO. The molecule has 1 saturated carbocycles. The summed E-state index contributed by atoms with van der Waals surface area (Å²) in [7, 11) is 0. The summed E-state index contributed by atoms with van der Waals surface area (Å²) in [6.07, 6.45) is 8.47. The Kier molecular flexibility index (Phi) is 5.49. The minimum absolute atomic E-state index is 0.559. The van der Waals surface area contributed by atoms with Crippen LogP contribution in [0.15, 0.2) is 42.2 Å². The zero-order valence-corrected chi connectivity index (χ0v) is 11.3. The first-order valence-corrected chi connectivity index (χ1v) is 7.11. The summed E-state index contributed by atoms with van der Waals surface area (Å²) in [5.74, 6) is 0.559. The van der Waals surface area contributed by atoms with Crippen molar-refractivity contribution in [3.8, 4) is 6.07 Å². The fourth-order valence-electron chi connectivity index (χ4n) is 2.65. The molecule has 2 heteroatoms. The van der Waals surface area contributed by atoms with Crippen LogP contribution in [0.3, 0.4) is 0 Å². The summed E-state index contributed by atoms with van der Waals surface area (Å²) in [5.41, 5.74) is 2.60. The Bertz CT molecular complexity index is 444. The van der Waals surface area contributed by atoms with Crippen LogP contribution < -0.4 is 0 Å². The Morgan fingerprint density at radius 2 is 2.11 bits per heavy atom. The molecule has 1 unspecified atom stereocenters. The van der Waals surface area contributed by atoms with Crippen LogP contribution in [0, 0.1) is 17.2 Å². The normalized spacial score (nSPS) is 21.0. The van der Waals surface area contributed by atoms with Crippen LogP contribution in [0.1, 0.15) is 44.1 Å². The second-order valence-corrected chi connectivity index (χ2v) is 5.13. The highest BCUT2D eigenvalue weighted by atomic mass is 16.5. The summed E-state index contributed by atoms with van der Waals surface area (Å²) in [5, 5.41) is 8.71. The smallest absolute Gasteiger partial charge is 0.112 e. The molecule has 1 atom stereocenters. The lowest BCUT2D eigenvalue weighted by Gasteiger charge is -2.24. The van der Waals surface area contributed by atoms with Crippen molar-refractivity contribution in [3.63, 3.8) is 0 Å². The van der Waals surface area contributed by atoms with Gasteiger partial charge in [-0.2, -0.15) is 5.26 Å². The first-order valence-electron chi connectivity index (χ1n) is 7.11. The highest BCUT2D eigenvalue weighted by molar-refractivity contribution is 5.14. The van der Waals surface area contributed by atoms with Crippen LogP contribution in [0.2, 0.25) is 0 Å². The third-order valence-electron chi connectivity index (χ3n) is 3.72. The largest absolute Gasteiger partial charge is 0.497 e. The Balaban J connectivity index is 1.87. The molecule has 2 nitrogen and oxygen atoms in total. The minimum Gasteiger partial charge on any atom is -0.497 e. The maximum atomic E-state index is 8.71. The molecule has 0 heterocycles. The molecule has 0 spiro atoms. The summed E-state index contributed by atoms with van der Waals surface area (Å²) in [4.78, 5) is 0. The topological polar surface area (TPSA) is 33.0 Å². The highest BCUT2D eigenvalue weighted by Crippen LogP contribution is 2.32. The van der Waals surface area contributed by atoms with E-state index in [1.807, 2.05) is 24.5 Å². The fourth-order valence-corrected chi connectivity index (χ4v) is 2.65. The van der Waals surface area contributed by atoms with E-state index in [2.05, 4.69) is 18.2 Å². The van der Waals surface area contributed by atoms with Crippen molar-refractivity contribution < 1.29 is 4.74 Å². The average molecular weight is 255 g/mol. The van der Waals surface area contributed by atoms with Crippen molar-refractivity contribution in [2.24, 2.45) is 5.92 Å². The van der Waals surface area contributed by atoms with Crippen LogP contribution in [0.25, 0.3) is 0 Å². The van der Waals surface area contributed by atoms with Gasteiger partial charge in [0.1, 0.15) is 6.61 Å². The third-order valence-corrected chi connectivity index (χ3v) is 3.72. The first-order chi connectivity index (χ1) is 9.40. The lowest BCUT2D eigenvalue weighted by Crippen LogP contribution is -2.10. The summed E-state index contributed by atoms with van der Waals surface area (Å²) in [6.45, 7) is 0.634. The van der Waals surface area contributed by atoms with Crippen molar-refractivity contribution in [2.45, 2.75) is 45.1 Å². The van der Waals surface area contributed by atoms with Crippen molar-refractivity contribution in [1.82, 2.24) is 0 Å². The maximum absolute atomic E-state index is 8.71. The molecule has 0 N–H and O–H groups in total. The van der Waals surface area contributed by atoms with Gasteiger partial charge in [0.15, 0.2) is 0 Å². The zero-order chi connectivity index (χ0) is 13.3. The van der Waals surface area contributed by atoms with Gasteiger partial charge in [-0.05, 0) is 42.7 Å². The van der Waals surface area contributed by atoms with E-state index in [1.54, 1.807) is 0 Å². The second kappa shape index (κ2) is 7.63. The molecule has 0 saturated heterocycles. The van der Waals surface area contributed by atoms with E-state index in [9.17, 15) is 0 Å². The highest BCUT2D eigenvalue weighted by Gasteiger charge is 2.18. The zero-order valence-electron chi connectivity index (χ0n) is 11.3. The van der Waals surface area contributed by atoms with E-state index in [0.717, 1.165) is 12.8 Å². The number of hydrogen-bond donors (Lipinski definition) is 0. The van der Waals surface area contributed by atoms with Gasteiger partial charge in [-0.3, -0.25) is 0 Å². The molecule has 100 valence electrons. The Morgan fingerprint density at radius 1 is 1.26 bits per heavy atom. The lowest BCUT2D eigenvalue weighted by atomic mass is 9.82. The van der Waals surface area contributed by atoms with E-state index in [-0.39, 0.29) is 0 Å². The van der Waals surface area contributed by atoms with Crippen LogP contribution >= 0.6 is 0 Å². The summed E-state index contributed by atoms with van der Waals surface area (Å²) >= 11 is 0. The number of hydrogen-bond acceptors (Lipinski definition) is 2. The fraction of sp³-hybridized carbons (Fsp3) is 0.471. The molecule has 0 aliphatic heterocycles. The Hall–Kier alpha value is -1.75. The van der Waals surface area contributed by atoms with Crippen LogP contribution in [0.5, 0.6) is 0 Å². The summed E-state index contributed by atoms with van der Waals surface area (Å²) in [6, 6.07) is 12.5. The Morgan fingerprint density at radius 3 is 2.89 bits per heavy atom. The molecule has 1 aromatic rings.